The minimum Gasteiger partial charge on any atom is -0.479 e. The summed E-state index contributed by atoms with van der Waals surface area (Å²) >= 11 is 0. The molecule has 2 N–H and O–H groups in total. The maximum absolute atomic E-state index is 13.7. The molecule has 0 spiro atoms. The van der Waals surface area contributed by atoms with Crippen LogP contribution in [0.4, 0.5) is 4.79 Å². The molecule has 2 atom stereocenters. The minimum absolute atomic E-state index is 0.00133. The first kappa shape index (κ1) is 23.4. The van der Waals surface area contributed by atoms with E-state index in [0.29, 0.717) is 25.8 Å². The first-order chi connectivity index (χ1) is 16.9. The quantitative estimate of drug-likeness (QED) is 0.611. The lowest BCUT2D eigenvalue weighted by Crippen LogP contribution is -2.64. The molecule has 1 saturated carbocycles. The molecule has 5 rings (SSSR count). The molecule has 3 aliphatic rings. The van der Waals surface area contributed by atoms with Gasteiger partial charge in [-0.2, -0.15) is 0 Å². The minimum atomic E-state index is -1.20. The van der Waals surface area contributed by atoms with Crippen LogP contribution in [0.15, 0.2) is 48.5 Å². The van der Waals surface area contributed by atoms with E-state index in [4.69, 9.17) is 4.74 Å². The third-order valence-corrected chi connectivity index (χ3v) is 8.41. The number of ether oxygens (including phenoxy) is 1. The summed E-state index contributed by atoms with van der Waals surface area (Å²) in [7, 11) is 0. The number of hydrogen-bond acceptors (Lipinski definition) is 4. The van der Waals surface area contributed by atoms with Gasteiger partial charge in [0.2, 0.25) is 5.91 Å². The molecule has 1 saturated heterocycles. The zero-order valence-corrected chi connectivity index (χ0v) is 20.3. The fourth-order valence-electron chi connectivity index (χ4n) is 6.21. The van der Waals surface area contributed by atoms with E-state index in [2.05, 4.69) is 29.6 Å². The van der Waals surface area contributed by atoms with Gasteiger partial charge in [-0.3, -0.25) is 4.79 Å². The summed E-state index contributed by atoms with van der Waals surface area (Å²) < 4.78 is 5.71. The smallest absolute Gasteiger partial charge is 0.408 e. The number of aliphatic carboxylic acids is 1. The molecule has 2 amide bonds. The van der Waals surface area contributed by atoms with E-state index in [9.17, 15) is 19.5 Å². The number of hydrogen-bond donors (Lipinski definition) is 2. The van der Waals surface area contributed by atoms with Crippen molar-refractivity contribution in [2.24, 2.45) is 5.92 Å². The second-order valence-corrected chi connectivity index (χ2v) is 9.97. The molecule has 1 aliphatic heterocycles. The van der Waals surface area contributed by atoms with Gasteiger partial charge in [0, 0.05) is 12.5 Å². The van der Waals surface area contributed by atoms with Crippen LogP contribution in [-0.2, 0) is 14.3 Å². The van der Waals surface area contributed by atoms with Crippen LogP contribution in [0.25, 0.3) is 11.1 Å². The fraction of sp³-hybridized carbons (Fsp3) is 0.464. The summed E-state index contributed by atoms with van der Waals surface area (Å²) in [4.78, 5) is 40.4. The molecule has 7 nitrogen and oxygen atoms in total. The highest BCUT2D eigenvalue weighted by atomic mass is 16.5. The molecule has 2 aromatic carbocycles. The van der Waals surface area contributed by atoms with Gasteiger partial charge in [-0.05, 0) is 60.3 Å². The van der Waals surface area contributed by atoms with Crippen LogP contribution in [0.1, 0.15) is 63.0 Å². The van der Waals surface area contributed by atoms with Crippen molar-refractivity contribution >= 4 is 18.0 Å². The Labute approximate surface area is 205 Å². The van der Waals surface area contributed by atoms with E-state index in [1.165, 1.54) is 4.90 Å². The second kappa shape index (κ2) is 8.70. The topological polar surface area (TPSA) is 95.9 Å². The number of nitrogens with zero attached hydrogens (tertiary/aromatic N) is 1. The van der Waals surface area contributed by atoms with Gasteiger partial charge in [0.05, 0.1) is 0 Å². The van der Waals surface area contributed by atoms with Crippen molar-refractivity contribution in [3.8, 4) is 11.1 Å². The zero-order valence-electron chi connectivity index (χ0n) is 20.3. The predicted molar refractivity (Wildman–Crippen MR) is 131 cm³/mol. The number of benzene rings is 2. The van der Waals surface area contributed by atoms with Crippen LogP contribution in [-0.4, -0.2) is 52.2 Å². The average molecular weight is 477 g/mol. The van der Waals surface area contributed by atoms with E-state index in [1.807, 2.05) is 38.1 Å². The van der Waals surface area contributed by atoms with Crippen LogP contribution in [0.5, 0.6) is 0 Å². The van der Waals surface area contributed by atoms with Crippen LogP contribution >= 0.6 is 0 Å². The highest BCUT2D eigenvalue weighted by molar-refractivity contribution is 5.96. The molecule has 2 aromatic rings. The lowest BCUT2D eigenvalue weighted by molar-refractivity contribution is -0.158. The Kier molecular flexibility index (Phi) is 5.82. The molecule has 0 unspecified atom stereocenters. The molecule has 35 heavy (non-hydrogen) atoms. The van der Waals surface area contributed by atoms with E-state index in [0.717, 1.165) is 35.1 Å². The standard InChI is InChI=1S/C28H32N2O5/c1-3-27(4-2,24(31)30-15-9-10-18-16-28(18,30)25(32)33)29-26(34)35-17-23-21-13-7-5-11-19(21)20-12-6-8-14-22(20)23/h5-8,11-14,18,23H,3-4,9-10,15-17H2,1-2H3,(H,29,34)(H,32,33)/t18-,28+/m0/s1. The largest absolute Gasteiger partial charge is 0.479 e. The number of rotatable bonds is 7. The lowest BCUT2D eigenvalue weighted by Gasteiger charge is -2.41. The Bertz CT molecular complexity index is 1130. The monoisotopic (exact) mass is 476 g/mol. The number of amides is 2. The van der Waals surface area contributed by atoms with Crippen LogP contribution < -0.4 is 5.32 Å². The van der Waals surface area contributed by atoms with Gasteiger partial charge in [-0.25, -0.2) is 9.59 Å². The second-order valence-electron chi connectivity index (χ2n) is 9.97. The van der Waals surface area contributed by atoms with Crippen molar-refractivity contribution in [1.82, 2.24) is 10.2 Å². The van der Waals surface area contributed by atoms with E-state index >= 15 is 0 Å². The Morgan fingerprint density at radius 1 is 1.06 bits per heavy atom. The Morgan fingerprint density at radius 3 is 2.23 bits per heavy atom. The number of nitrogens with one attached hydrogen (secondary N) is 1. The Hall–Kier alpha value is -3.35. The average Bonchev–Trinajstić information content (AvgIpc) is 3.57. The van der Waals surface area contributed by atoms with E-state index in [1.54, 1.807) is 0 Å². The fourth-order valence-corrected chi connectivity index (χ4v) is 6.21. The number of carbonyl (C=O) groups excluding carboxylic acids is 2. The Balaban J connectivity index is 1.32. The highest BCUT2D eigenvalue weighted by Gasteiger charge is 2.68. The van der Waals surface area contributed by atoms with E-state index < -0.39 is 23.1 Å². The van der Waals surface area contributed by atoms with Gasteiger partial charge in [0.15, 0.2) is 0 Å². The summed E-state index contributed by atoms with van der Waals surface area (Å²) in [6.07, 6.45) is 2.13. The Morgan fingerprint density at radius 2 is 1.66 bits per heavy atom. The van der Waals surface area contributed by atoms with Crippen molar-refractivity contribution in [2.75, 3.05) is 13.2 Å². The zero-order chi connectivity index (χ0) is 24.8. The van der Waals surface area contributed by atoms with E-state index in [-0.39, 0.29) is 24.3 Å². The van der Waals surface area contributed by atoms with Crippen LogP contribution in [0.2, 0.25) is 0 Å². The summed E-state index contributed by atoms with van der Waals surface area (Å²) in [6, 6.07) is 16.2. The molecule has 0 radical (unpaired) electrons. The van der Waals surface area contributed by atoms with Gasteiger partial charge in [-0.1, -0.05) is 62.4 Å². The number of alkyl carbamates (subject to hydrolysis) is 1. The number of carboxylic acids is 1. The number of carboxylic acid groups (broad SMARTS) is 1. The number of likely N-dealkylation sites (tertiary alicyclic amines) is 1. The van der Waals surface area contributed by atoms with Crippen LogP contribution in [0, 0.1) is 5.92 Å². The molecule has 0 bridgehead atoms. The maximum atomic E-state index is 13.7. The molecule has 0 aromatic heterocycles. The first-order valence-electron chi connectivity index (χ1n) is 12.6. The normalized spacial score (nSPS) is 22.6. The van der Waals surface area contributed by atoms with Crippen molar-refractivity contribution < 1.29 is 24.2 Å². The van der Waals surface area contributed by atoms with Gasteiger partial charge >= 0.3 is 12.1 Å². The number of piperidine rings is 1. The van der Waals surface area contributed by atoms with Gasteiger partial charge < -0.3 is 20.1 Å². The van der Waals surface area contributed by atoms with Crippen molar-refractivity contribution in [2.45, 2.75) is 62.9 Å². The number of fused-ring (bicyclic) bond motifs is 4. The van der Waals surface area contributed by atoms with Crippen molar-refractivity contribution in [1.29, 1.82) is 0 Å². The molecular formula is C28H32N2O5. The van der Waals surface area contributed by atoms with Crippen molar-refractivity contribution in [3.05, 3.63) is 59.7 Å². The lowest BCUT2D eigenvalue weighted by atomic mass is 9.88. The number of carbonyl (C=O) groups is 3. The van der Waals surface area contributed by atoms with Gasteiger partial charge in [0.1, 0.15) is 17.7 Å². The third kappa shape index (κ3) is 3.60. The highest BCUT2D eigenvalue weighted by Crippen LogP contribution is 2.55. The molecule has 184 valence electrons. The van der Waals surface area contributed by atoms with Gasteiger partial charge in [-0.15, -0.1) is 0 Å². The summed E-state index contributed by atoms with van der Waals surface area (Å²) in [5.74, 6) is -1.34. The molecule has 1 heterocycles. The maximum Gasteiger partial charge on any atom is 0.408 e. The molecular weight excluding hydrogens is 444 g/mol. The summed E-state index contributed by atoms with van der Waals surface area (Å²) in [5.41, 5.74) is 2.21. The predicted octanol–water partition coefficient (Wildman–Crippen LogP) is 4.55. The summed E-state index contributed by atoms with van der Waals surface area (Å²) in [5, 5.41) is 12.8. The van der Waals surface area contributed by atoms with Gasteiger partial charge in [0.25, 0.3) is 0 Å². The molecule has 2 aliphatic carbocycles. The first-order valence-corrected chi connectivity index (χ1v) is 12.6. The summed E-state index contributed by atoms with van der Waals surface area (Å²) in [6.45, 7) is 4.23. The molecule has 7 heteroatoms. The van der Waals surface area contributed by atoms with Crippen molar-refractivity contribution in [3.63, 3.8) is 0 Å². The third-order valence-electron chi connectivity index (χ3n) is 8.41. The van der Waals surface area contributed by atoms with Crippen LogP contribution in [0.3, 0.4) is 0 Å². The molecule has 2 fully saturated rings. The SMILES string of the molecule is CCC(CC)(NC(=O)OCC1c2ccccc2-c2ccccc21)C(=O)N1CCC[C@H]2C[C@]21C(=O)O.